The van der Waals surface area contributed by atoms with Gasteiger partial charge >= 0.3 is 0 Å². The molecule has 1 nitrogen and oxygen atoms in total. The Labute approximate surface area is 86.2 Å². The van der Waals surface area contributed by atoms with E-state index in [1.807, 2.05) is 0 Å². The standard InChI is InChI=1S/C11H7ClFN/c12-11-7-3-6-10(14-11)8-4-1-2-5-9(8)13/h1-7H. The fraction of sp³-hybridized carbons (Fsp3) is 0. The van der Waals surface area contributed by atoms with Crippen LogP contribution in [0.25, 0.3) is 11.3 Å². The first-order valence-corrected chi connectivity index (χ1v) is 4.52. The van der Waals surface area contributed by atoms with Crippen molar-refractivity contribution in [3.8, 4) is 11.3 Å². The molecule has 0 radical (unpaired) electrons. The fourth-order valence-corrected chi connectivity index (χ4v) is 1.39. The van der Waals surface area contributed by atoms with Crippen LogP contribution in [0.5, 0.6) is 0 Å². The van der Waals surface area contributed by atoms with E-state index < -0.39 is 0 Å². The van der Waals surface area contributed by atoms with E-state index in [9.17, 15) is 4.39 Å². The number of nitrogens with zero attached hydrogens (tertiary/aromatic N) is 1. The number of benzene rings is 1. The van der Waals surface area contributed by atoms with Crippen LogP contribution in [0.1, 0.15) is 0 Å². The van der Waals surface area contributed by atoms with Crippen LogP contribution in [0.4, 0.5) is 4.39 Å². The van der Waals surface area contributed by atoms with Gasteiger partial charge in [-0.15, -0.1) is 0 Å². The lowest BCUT2D eigenvalue weighted by Crippen LogP contribution is -1.86. The molecule has 0 saturated heterocycles. The SMILES string of the molecule is Fc1ccccc1-c1cccc(Cl)n1. The highest BCUT2D eigenvalue weighted by Crippen LogP contribution is 2.21. The van der Waals surface area contributed by atoms with E-state index in [-0.39, 0.29) is 5.82 Å². The highest BCUT2D eigenvalue weighted by atomic mass is 35.5. The van der Waals surface area contributed by atoms with Crippen LogP contribution in [-0.4, -0.2) is 4.98 Å². The predicted octanol–water partition coefficient (Wildman–Crippen LogP) is 3.54. The zero-order valence-electron chi connectivity index (χ0n) is 7.24. The maximum Gasteiger partial charge on any atom is 0.132 e. The summed E-state index contributed by atoms with van der Waals surface area (Å²) in [6.07, 6.45) is 0. The largest absolute Gasteiger partial charge is 0.236 e. The molecule has 0 fully saturated rings. The van der Waals surface area contributed by atoms with Gasteiger partial charge < -0.3 is 0 Å². The molecule has 3 heteroatoms. The molecule has 0 aliphatic rings. The summed E-state index contributed by atoms with van der Waals surface area (Å²) in [7, 11) is 0. The number of pyridine rings is 1. The summed E-state index contributed by atoms with van der Waals surface area (Å²) < 4.78 is 13.3. The van der Waals surface area contributed by atoms with Gasteiger partial charge in [-0.1, -0.05) is 29.8 Å². The lowest BCUT2D eigenvalue weighted by atomic mass is 10.1. The third-order valence-corrected chi connectivity index (χ3v) is 2.08. The average molecular weight is 208 g/mol. The number of halogens is 2. The van der Waals surface area contributed by atoms with E-state index in [1.54, 1.807) is 36.4 Å². The normalized spacial score (nSPS) is 10.1. The third kappa shape index (κ3) is 1.75. The van der Waals surface area contributed by atoms with Crippen LogP contribution in [0.3, 0.4) is 0 Å². The number of rotatable bonds is 1. The summed E-state index contributed by atoms with van der Waals surface area (Å²) >= 11 is 5.71. The van der Waals surface area contributed by atoms with Crippen molar-refractivity contribution in [2.75, 3.05) is 0 Å². The Morgan fingerprint density at radius 1 is 1.00 bits per heavy atom. The van der Waals surface area contributed by atoms with Crippen molar-refractivity contribution in [1.82, 2.24) is 4.98 Å². The quantitative estimate of drug-likeness (QED) is 0.652. The molecule has 2 rings (SSSR count). The van der Waals surface area contributed by atoms with Crippen molar-refractivity contribution < 1.29 is 4.39 Å². The van der Waals surface area contributed by atoms with Crippen LogP contribution in [0, 0.1) is 5.82 Å². The zero-order valence-corrected chi connectivity index (χ0v) is 8.00. The number of hydrogen-bond acceptors (Lipinski definition) is 1. The summed E-state index contributed by atoms with van der Waals surface area (Å²) in [4.78, 5) is 4.03. The van der Waals surface area contributed by atoms with Crippen LogP contribution in [0.15, 0.2) is 42.5 Å². The Morgan fingerprint density at radius 2 is 1.79 bits per heavy atom. The molecule has 2 aromatic rings. The van der Waals surface area contributed by atoms with Crippen molar-refractivity contribution in [2.45, 2.75) is 0 Å². The minimum absolute atomic E-state index is 0.290. The molecule has 0 amide bonds. The average Bonchev–Trinajstić information content (AvgIpc) is 2.18. The number of hydrogen-bond donors (Lipinski definition) is 0. The molecule has 1 heterocycles. The van der Waals surface area contributed by atoms with Crippen molar-refractivity contribution in [3.05, 3.63) is 53.4 Å². The second kappa shape index (κ2) is 3.76. The molecule has 0 N–H and O–H groups in total. The second-order valence-corrected chi connectivity index (χ2v) is 3.21. The van der Waals surface area contributed by atoms with Gasteiger partial charge in [0.15, 0.2) is 0 Å². The Morgan fingerprint density at radius 3 is 2.50 bits per heavy atom. The van der Waals surface area contributed by atoms with Crippen LogP contribution >= 0.6 is 11.6 Å². The summed E-state index contributed by atoms with van der Waals surface area (Å²) in [6, 6.07) is 11.6. The van der Waals surface area contributed by atoms with Gasteiger partial charge in [-0.25, -0.2) is 9.37 Å². The summed E-state index contributed by atoms with van der Waals surface area (Å²) in [5.41, 5.74) is 1.02. The van der Waals surface area contributed by atoms with Gasteiger partial charge in [0.05, 0.1) is 5.69 Å². The minimum Gasteiger partial charge on any atom is -0.236 e. The van der Waals surface area contributed by atoms with Crippen molar-refractivity contribution in [2.24, 2.45) is 0 Å². The van der Waals surface area contributed by atoms with Crippen molar-refractivity contribution >= 4 is 11.6 Å². The molecule has 14 heavy (non-hydrogen) atoms. The minimum atomic E-state index is -0.290. The van der Waals surface area contributed by atoms with E-state index in [1.165, 1.54) is 6.07 Å². The summed E-state index contributed by atoms with van der Waals surface area (Å²) in [5.74, 6) is -0.290. The summed E-state index contributed by atoms with van der Waals surface area (Å²) in [5, 5.41) is 0.366. The van der Waals surface area contributed by atoms with Crippen LogP contribution in [-0.2, 0) is 0 Å². The molecule has 70 valence electrons. The molecular weight excluding hydrogens is 201 g/mol. The van der Waals surface area contributed by atoms with Gasteiger partial charge in [-0.2, -0.15) is 0 Å². The van der Waals surface area contributed by atoms with E-state index in [2.05, 4.69) is 4.98 Å². The first-order chi connectivity index (χ1) is 6.77. The lowest BCUT2D eigenvalue weighted by Gasteiger charge is -2.01. The lowest BCUT2D eigenvalue weighted by molar-refractivity contribution is 0.631. The highest BCUT2D eigenvalue weighted by Gasteiger charge is 2.04. The predicted molar refractivity (Wildman–Crippen MR) is 54.6 cm³/mol. The molecular formula is C11H7ClFN. The molecule has 1 aromatic carbocycles. The molecule has 1 aromatic heterocycles. The molecule has 0 aliphatic heterocycles. The smallest absolute Gasteiger partial charge is 0.132 e. The zero-order chi connectivity index (χ0) is 9.97. The van der Waals surface area contributed by atoms with Gasteiger partial charge in [0.1, 0.15) is 11.0 Å². The maximum atomic E-state index is 13.3. The Hall–Kier alpha value is -1.41. The Balaban J connectivity index is 2.55. The van der Waals surface area contributed by atoms with Gasteiger partial charge in [0.2, 0.25) is 0 Å². The first-order valence-electron chi connectivity index (χ1n) is 4.15. The first kappa shape index (κ1) is 9.16. The number of aromatic nitrogens is 1. The van der Waals surface area contributed by atoms with Crippen LogP contribution in [0.2, 0.25) is 5.15 Å². The van der Waals surface area contributed by atoms with E-state index in [0.717, 1.165) is 0 Å². The molecule has 0 atom stereocenters. The van der Waals surface area contributed by atoms with Gasteiger partial charge in [-0.3, -0.25) is 0 Å². The van der Waals surface area contributed by atoms with Gasteiger partial charge in [-0.05, 0) is 24.3 Å². The molecule has 0 bridgehead atoms. The molecule has 0 spiro atoms. The highest BCUT2D eigenvalue weighted by molar-refractivity contribution is 6.29. The maximum absolute atomic E-state index is 13.3. The Kier molecular flexibility index (Phi) is 2.46. The van der Waals surface area contributed by atoms with Crippen molar-refractivity contribution in [3.63, 3.8) is 0 Å². The van der Waals surface area contributed by atoms with E-state index >= 15 is 0 Å². The monoisotopic (exact) mass is 207 g/mol. The summed E-state index contributed by atoms with van der Waals surface area (Å²) in [6.45, 7) is 0. The van der Waals surface area contributed by atoms with E-state index in [4.69, 9.17) is 11.6 Å². The van der Waals surface area contributed by atoms with Gasteiger partial charge in [0, 0.05) is 5.56 Å². The van der Waals surface area contributed by atoms with Crippen molar-refractivity contribution in [1.29, 1.82) is 0 Å². The Bertz CT molecular complexity index is 457. The molecule has 0 unspecified atom stereocenters. The third-order valence-electron chi connectivity index (χ3n) is 1.86. The van der Waals surface area contributed by atoms with Gasteiger partial charge in [0.25, 0.3) is 0 Å². The van der Waals surface area contributed by atoms with Crippen LogP contribution < -0.4 is 0 Å². The van der Waals surface area contributed by atoms with E-state index in [0.29, 0.717) is 16.4 Å². The molecule has 0 saturated carbocycles. The fourth-order valence-electron chi connectivity index (χ4n) is 1.23. The molecule has 0 aliphatic carbocycles. The topological polar surface area (TPSA) is 12.9 Å². The second-order valence-electron chi connectivity index (χ2n) is 2.83.